The van der Waals surface area contributed by atoms with Crippen molar-refractivity contribution in [2.45, 2.75) is 45.0 Å². The van der Waals surface area contributed by atoms with E-state index < -0.39 is 30.1 Å². The molecule has 0 radical (unpaired) electrons. The van der Waals surface area contributed by atoms with Gasteiger partial charge < -0.3 is 34.6 Å². The fourth-order valence-electron chi connectivity index (χ4n) is 5.47. The van der Waals surface area contributed by atoms with E-state index in [-0.39, 0.29) is 18.6 Å². The van der Waals surface area contributed by atoms with E-state index >= 15 is 0 Å². The van der Waals surface area contributed by atoms with E-state index in [9.17, 15) is 20.1 Å². The topological polar surface area (TPSA) is 126 Å². The summed E-state index contributed by atoms with van der Waals surface area (Å²) in [6.07, 6.45) is 0.997. The summed E-state index contributed by atoms with van der Waals surface area (Å²) in [5, 5.41) is 38.8. The van der Waals surface area contributed by atoms with Gasteiger partial charge in [0.25, 0.3) is 5.91 Å². The quantitative estimate of drug-likeness (QED) is 0.418. The highest BCUT2D eigenvalue weighted by Gasteiger charge is 2.49. The maximum Gasteiger partial charge on any atom is 0.253 e. The number of carbonyl (C=O) groups excluding carboxylic acids is 1. The van der Waals surface area contributed by atoms with Crippen molar-refractivity contribution in [3.63, 3.8) is 0 Å². The Hall–Kier alpha value is -3.58. The number of allylic oxidation sites excluding steroid dienone is 1. The molecule has 3 N–H and O–H groups in total. The maximum absolute atomic E-state index is 12.6. The van der Waals surface area contributed by atoms with Gasteiger partial charge in [0.1, 0.15) is 6.10 Å². The number of hydrogen-bond acceptors (Lipinski definition) is 8. The summed E-state index contributed by atoms with van der Waals surface area (Å²) < 4.78 is 12.0. The average Bonchev–Trinajstić information content (AvgIpc) is 3.27. The number of nitrogens with zero attached hydrogens (tertiary/aromatic N) is 3. The molecule has 2 fully saturated rings. The molecule has 0 spiro atoms. The van der Waals surface area contributed by atoms with Crippen LogP contribution < -0.4 is 14.4 Å². The molecule has 0 saturated carbocycles. The molecule has 2 aliphatic rings. The van der Waals surface area contributed by atoms with Crippen LogP contribution in [-0.4, -0.2) is 84.3 Å². The molecule has 39 heavy (non-hydrogen) atoms. The number of aryl methyl sites for hydroxylation is 1. The predicted molar refractivity (Wildman–Crippen MR) is 148 cm³/mol. The average molecular weight is 536 g/mol. The normalized spacial score (nSPS) is 22.9. The molecule has 208 valence electrons. The predicted octanol–water partition coefficient (Wildman–Crippen LogP) is 2.47. The van der Waals surface area contributed by atoms with E-state index in [4.69, 9.17) is 14.7 Å². The summed E-state index contributed by atoms with van der Waals surface area (Å²) in [7, 11) is 1.58. The van der Waals surface area contributed by atoms with Crippen LogP contribution in [0, 0.1) is 23.7 Å². The number of rotatable bonds is 9. The second-order valence-corrected chi connectivity index (χ2v) is 10.7. The molecular formula is C30H37N3O6. The fraction of sp³-hybridized carbons (Fsp3) is 0.467. The molecule has 0 bridgehead atoms. The second-order valence-electron chi connectivity index (χ2n) is 10.7. The first kappa shape index (κ1) is 28.4. The summed E-state index contributed by atoms with van der Waals surface area (Å²) in [4.78, 5) is 16.4. The summed E-state index contributed by atoms with van der Waals surface area (Å²) in [5.74, 6) is 0.402. The number of benzene rings is 2. The highest BCUT2D eigenvalue weighted by molar-refractivity contribution is 5.81. The SMILES string of the molecule is COc1ccc([C@@H]2CN(C(=O)C(O)CO)C[C@@]2(C)[C@@H](C)O)cc1OC1CN(c2cc(C)ccc2C=CC#N)C1. The van der Waals surface area contributed by atoms with Gasteiger partial charge in [-0.25, -0.2) is 0 Å². The number of ether oxygens (including phenoxy) is 2. The Morgan fingerprint density at radius 3 is 2.59 bits per heavy atom. The van der Waals surface area contributed by atoms with Gasteiger partial charge in [-0.1, -0.05) is 25.1 Å². The zero-order chi connectivity index (χ0) is 28.3. The maximum atomic E-state index is 12.6. The first-order chi connectivity index (χ1) is 18.6. The van der Waals surface area contributed by atoms with Gasteiger partial charge in [0.05, 0.1) is 39.0 Å². The molecule has 2 heterocycles. The van der Waals surface area contributed by atoms with Crippen molar-refractivity contribution in [3.05, 3.63) is 59.2 Å². The zero-order valence-electron chi connectivity index (χ0n) is 22.9. The smallest absolute Gasteiger partial charge is 0.253 e. The van der Waals surface area contributed by atoms with Crippen LogP contribution in [0.15, 0.2) is 42.5 Å². The molecule has 9 nitrogen and oxygen atoms in total. The van der Waals surface area contributed by atoms with Crippen molar-refractivity contribution in [1.82, 2.24) is 4.90 Å². The Morgan fingerprint density at radius 2 is 1.95 bits per heavy atom. The Bertz CT molecular complexity index is 1270. The number of methoxy groups -OCH3 is 1. The summed E-state index contributed by atoms with van der Waals surface area (Å²) in [6.45, 7) is 6.91. The number of aliphatic hydroxyl groups is 3. The van der Waals surface area contributed by atoms with Crippen LogP contribution in [0.1, 0.15) is 36.5 Å². The molecule has 2 aliphatic heterocycles. The van der Waals surface area contributed by atoms with E-state index in [2.05, 4.69) is 11.0 Å². The monoisotopic (exact) mass is 535 g/mol. The van der Waals surface area contributed by atoms with E-state index in [0.29, 0.717) is 31.1 Å². The van der Waals surface area contributed by atoms with Crippen LogP contribution in [-0.2, 0) is 4.79 Å². The molecular weight excluding hydrogens is 498 g/mol. The van der Waals surface area contributed by atoms with Gasteiger partial charge in [0.15, 0.2) is 17.6 Å². The Morgan fingerprint density at radius 1 is 1.21 bits per heavy atom. The minimum absolute atomic E-state index is 0.0769. The molecule has 2 saturated heterocycles. The van der Waals surface area contributed by atoms with Gasteiger partial charge in [-0.3, -0.25) is 4.79 Å². The largest absolute Gasteiger partial charge is 0.493 e. The van der Waals surface area contributed by atoms with E-state index in [1.165, 1.54) is 11.0 Å². The van der Waals surface area contributed by atoms with Crippen LogP contribution in [0.3, 0.4) is 0 Å². The number of aliphatic hydroxyl groups excluding tert-OH is 3. The van der Waals surface area contributed by atoms with Crippen molar-refractivity contribution in [3.8, 4) is 17.6 Å². The Kier molecular flexibility index (Phi) is 8.50. The molecule has 4 atom stereocenters. The fourth-order valence-corrected chi connectivity index (χ4v) is 5.47. The Balaban J connectivity index is 1.54. The lowest BCUT2D eigenvalue weighted by atomic mass is 9.72. The van der Waals surface area contributed by atoms with Crippen molar-refractivity contribution in [1.29, 1.82) is 5.26 Å². The highest BCUT2D eigenvalue weighted by Crippen LogP contribution is 2.47. The van der Waals surface area contributed by atoms with Gasteiger partial charge in [-0.05, 0) is 54.8 Å². The van der Waals surface area contributed by atoms with E-state index in [1.807, 2.05) is 56.3 Å². The lowest BCUT2D eigenvalue weighted by Gasteiger charge is -2.41. The molecule has 1 unspecified atom stereocenters. The van der Waals surface area contributed by atoms with Crippen molar-refractivity contribution in [2.75, 3.05) is 44.8 Å². The first-order valence-electron chi connectivity index (χ1n) is 13.1. The molecule has 0 aromatic heterocycles. The molecule has 1 amide bonds. The zero-order valence-corrected chi connectivity index (χ0v) is 22.9. The summed E-state index contributed by atoms with van der Waals surface area (Å²) in [5.41, 5.74) is 3.39. The van der Waals surface area contributed by atoms with Crippen LogP contribution in [0.5, 0.6) is 11.5 Å². The lowest BCUT2D eigenvalue weighted by molar-refractivity contribution is -0.141. The number of hydrogen-bond donors (Lipinski definition) is 3. The van der Waals surface area contributed by atoms with Crippen molar-refractivity contribution < 1.29 is 29.6 Å². The highest BCUT2D eigenvalue weighted by atomic mass is 16.5. The van der Waals surface area contributed by atoms with Crippen molar-refractivity contribution >= 4 is 17.7 Å². The van der Waals surface area contributed by atoms with Gasteiger partial charge >= 0.3 is 0 Å². The van der Waals surface area contributed by atoms with Crippen LogP contribution in [0.25, 0.3) is 6.08 Å². The first-order valence-corrected chi connectivity index (χ1v) is 13.1. The Labute approximate surface area is 229 Å². The minimum Gasteiger partial charge on any atom is -0.493 e. The van der Waals surface area contributed by atoms with Gasteiger partial charge in [0.2, 0.25) is 0 Å². The summed E-state index contributed by atoms with van der Waals surface area (Å²) in [6, 6.07) is 13.8. The van der Waals surface area contributed by atoms with E-state index in [1.54, 1.807) is 14.0 Å². The van der Waals surface area contributed by atoms with E-state index in [0.717, 1.165) is 22.4 Å². The van der Waals surface area contributed by atoms with Gasteiger partial charge in [0, 0.05) is 36.2 Å². The second kappa shape index (κ2) is 11.7. The molecule has 4 rings (SSSR count). The lowest BCUT2D eigenvalue weighted by Crippen LogP contribution is -2.54. The summed E-state index contributed by atoms with van der Waals surface area (Å²) >= 11 is 0. The standard InChI is InChI=1S/C30H37N3O6/c1-19-7-8-21(6-5-11-31)25(12-19)32-14-23(15-32)39-28-13-22(9-10-27(28)38-4)24-16-33(29(37)26(36)17-34)18-30(24,3)20(2)35/h5-10,12-13,20,23-24,26,34-36H,14-18H2,1-4H3/t20-,24+,26?,30+/m1/s1. The number of anilines is 1. The third-order valence-corrected chi connectivity index (χ3v) is 8.05. The van der Waals surface area contributed by atoms with Crippen molar-refractivity contribution in [2.24, 2.45) is 5.41 Å². The molecule has 2 aromatic rings. The number of amides is 1. The van der Waals surface area contributed by atoms with Crippen LogP contribution >= 0.6 is 0 Å². The number of carbonyl (C=O) groups is 1. The third-order valence-electron chi connectivity index (χ3n) is 8.05. The molecule has 0 aliphatic carbocycles. The third kappa shape index (κ3) is 5.74. The number of likely N-dealkylation sites (tertiary alicyclic amines) is 1. The van der Waals surface area contributed by atoms with Gasteiger partial charge in [-0.15, -0.1) is 0 Å². The van der Waals surface area contributed by atoms with Gasteiger partial charge in [-0.2, -0.15) is 5.26 Å². The molecule has 2 aromatic carbocycles. The molecule has 9 heteroatoms. The minimum atomic E-state index is -1.48. The van der Waals surface area contributed by atoms with Crippen LogP contribution in [0.2, 0.25) is 0 Å². The number of nitriles is 1. The van der Waals surface area contributed by atoms with Crippen LogP contribution in [0.4, 0.5) is 5.69 Å².